The lowest BCUT2D eigenvalue weighted by Crippen LogP contribution is -2.52. The normalized spacial score (nSPS) is 29.8. The van der Waals surface area contributed by atoms with Crippen molar-refractivity contribution in [2.45, 2.75) is 51.9 Å². The van der Waals surface area contributed by atoms with E-state index in [0.29, 0.717) is 0 Å². The molecule has 0 N–H and O–H groups in total. The maximum Gasteiger partial charge on any atom is 0.215 e. The molecule has 2 unspecified atom stereocenters. The molecular formula is C10H21FOSi. The van der Waals surface area contributed by atoms with Crippen LogP contribution in [0.1, 0.15) is 40.5 Å². The van der Waals surface area contributed by atoms with Gasteiger partial charge in [0.05, 0.1) is 0 Å². The second-order valence-electron chi connectivity index (χ2n) is 5.18. The van der Waals surface area contributed by atoms with Gasteiger partial charge in [0.2, 0.25) is 9.04 Å². The molecule has 1 saturated heterocycles. The first-order valence-electron chi connectivity index (χ1n) is 5.16. The van der Waals surface area contributed by atoms with Gasteiger partial charge in [-0.2, -0.15) is 0 Å². The Labute approximate surface area is 82.4 Å². The van der Waals surface area contributed by atoms with Gasteiger partial charge in [0.1, 0.15) is 5.29 Å². The summed E-state index contributed by atoms with van der Waals surface area (Å²) in [5.41, 5.74) is -0.277. The van der Waals surface area contributed by atoms with Gasteiger partial charge < -0.3 is 4.43 Å². The van der Waals surface area contributed by atoms with Gasteiger partial charge in [-0.15, -0.1) is 0 Å². The van der Waals surface area contributed by atoms with Crippen molar-refractivity contribution in [3.63, 3.8) is 0 Å². The Balaban J connectivity index is 2.67. The Morgan fingerprint density at radius 3 is 2.15 bits per heavy atom. The molecule has 0 aromatic heterocycles. The second-order valence-corrected chi connectivity index (χ2v) is 8.15. The highest BCUT2D eigenvalue weighted by Crippen LogP contribution is 2.38. The summed E-state index contributed by atoms with van der Waals surface area (Å²) in [4.78, 5) is 0. The first-order chi connectivity index (χ1) is 5.86. The molecule has 2 atom stereocenters. The molecule has 1 rings (SSSR count). The highest BCUT2D eigenvalue weighted by molar-refractivity contribution is 6.55. The van der Waals surface area contributed by atoms with Crippen LogP contribution in [0.15, 0.2) is 0 Å². The van der Waals surface area contributed by atoms with Gasteiger partial charge in [0.25, 0.3) is 0 Å². The van der Waals surface area contributed by atoms with Gasteiger partial charge in [0, 0.05) is 6.61 Å². The van der Waals surface area contributed by atoms with E-state index in [0.717, 1.165) is 25.5 Å². The summed E-state index contributed by atoms with van der Waals surface area (Å²) in [5.74, 6) is 0. The molecule has 78 valence electrons. The first kappa shape index (κ1) is 11.2. The molecule has 0 aliphatic carbocycles. The van der Waals surface area contributed by atoms with Crippen molar-refractivity contribution in [2.75, 3.05) is 6.61 Å². The quantitative estimate of drug-likeness (QED) is 0.597. The lowest BCUT2D eigenvalue weighted by atomic mass is 9.91. The smallest absolute Gasteiger partial charge is 0.215 e. The number of hydrogen-bond acceptors (Lipinski definition) is 1. The van der Waals surface area contributed by atoms with Crippen LogP contribution in [-0.2, 0) is 4.43 Å². The van der Waals surface area contributed by atoms with Crippen molar-refractivity contribution in [1.82, 2.24) is 0 Å². The lowest BCUT2D eigenvalue weighted by molar-refractivity contribution is 0.0944. The molecule has 0 spiro atoms. The number of rotatable bonds is 1. The van der Waals surface area contributed by atoms with E-state index in [1.165, 1.54) is 0 Å². The Morgan fingerprint density at radius 1 is 1.15 bits per heavy atom. The van der Waals surface area contributed by atoms with Crippen LogP contribution in [0.5, 0.6) is 0 Å². The largest absolute Gasteiger partial charge is 0.417 e. The lowest BCUT2D eigenvalue weighted by Gasteiger charge is -2.41. The van der Waals surface area contributed by atoms with Crippen LogP contribution in [0.2, 0.25) is 6.04 Å². The van der Waals surface area contributed by atoms with Gasteiger partial charge in [-0.25, -0.2) is 4.39 Å². The van der Waals surface area contributed by atoms with Crippen LogP contribution >= 0.6 is 0 Å². The molecule has 1 aliphatic rings. The number of halogens is 1. The Morgan fingerprint density at radius 2 is 1.77 bits per heavy atom. The van der Waals surface area contributed by atoms with Gasteiger partial charge in [-0.1, -0.05) is 27.2 Å². The zero-order valence-electron chi connectivity index (χ0n) is 9.19. The van der Waals surface area contributed by atoms with E-state index in [1.807, 2.05) is 20.8 Å². The molecule has 1 nitrogen and oxygen atoms in total. The minimum Gasteiger partial charge on any atom is -0.417 e. The molecule has 0 radical (unpaired) electrons. The highest BCUT2D eigenvalue weighted by atomic mass is 28.3. The van der Waals surface area contributed by atoms with Crippen LogP contribution in [0, 0.1) is 5.41 Å². The van der Waals surface area contributed by atoms with Gasteiger partial charge in [-0.3, -0.25) is 0 Å². The predicted molar refractivity (Wildman–Crippen MR) is 56.1 cm³/mol. The zero-order valence-corrected chi connectivity index (χ0v) is 10.3. The van der Waals surface area contributed by atoms with Crippen molar-refractivity contribution in [2.24, 2.45) is 5.41 Å². The average Bonchev–Trinajstić information content (AvgIpc) is 2.04. The van der Waals surface area contributed by atoms with Crippen molar-refractivity contribution >= 4 is 9.04 Å². The van der Waals surface area contributed by atoms with Crippen molar-refractivity contribution < 1.29 is 8.82 Å². The first-order valence-corrected chi connectivity index (χ1v) is 7.03. The SMILES string of the molecule is CC(C)(C)C(C)(F)[SiH]1CCCCO1. The third kappa shape index (κ3) is 2.32. The monoisotopic (exact) mass is 204 g/mol. The van der Waals surface area contributed by atoms with E-state index in [9.17, 15) is 4.39 Å². The molecule has 0 aromatic rings. The van der Waals surface area contributed by atoms with Crippen molar-refractivity contribution in [1.29, 1.82) is 0 Å². The summed E-state index contributed by atoms with van der Waals surface area (Å²) in [7, 11) is -1.63. The third-order valence-electron chi connectivity index (χ3n) is 3.25. The van der Waals surface area contributed by atoms with E-state index in [2.05, 4.69) is 0 Å². The van der Waals surface area contributed by atoms with Crippen molar-refractivity contribution in [3.8, 4) is 0 Å². The molecule has 0 aromatic carbocycles. The molecule has 0 amide bonds. The van der Waals surface area contributed by atoms with Gasteiger partial charge in [-0.05, 0) is 24.8 Å². The summed E-state index contributed by atoms with van der Waals surface area (Å²) >= 11 is 0. The summed E-state index contributed by atoms with van der Waals surface area (Å²) in [6, 6.07) is 1.00. The molecule has 1 heterocycles. The van der Waals surface area contributed by atoms with E-state index in [1.54, 1.807) is 6.92 Å². The van der Waals surface area contributed by atoms with Crippen molar-refractivity contribution in [3.05, 3.63) is 0 Å². The topological polar surface area (TPSA) is 9.23 Å². The van der Waals surface area contributed by atoms with Crippen LogP contribution in [0.3, 0.4) is 0 Å². The van der Waals surface area contributed by atoms with E-state index >= 15 is 0 Å². The van der Waals surface area contributed by atoms with Crippen LogP contribution < -0.4 is 0 Å². The third-order valence-corrected chi connectivity index (χ3v) is 6.90. The van der Waals surface area contributed by atoms with Crippen LogP contribution in [-0.4, -0.2) is 20.9 Å². The minimum absolute atomic E-state index is 0.277. The zero-order chi connectivity index (χ0) is 10.1. The molecule has 3 heteroatoms. The van der Waals surface area contributed by atoms with E-state index < -0.39 is 14.3 Å². The van der Waals surface area contributed by atoms with Gasteiger partial charge >= 0.3 is 0 Å². The minimum atomic E-state index is -1.63. The Kier molecular flexibility index (Phi) is 3.18. The summed E-state index contributed by atoms with van der Waals surface area (Å²) < 4.78 is 20.1. The standard InChI is InChI=1S/C10H21FOSi/c1-9(2,3)10(4,11)13-8-6-5-7-12-13/h13H,5-8H2,1-4H3. The average molecular weight is 204 g/mol. The number of alkyl halides is 1. The van der Waals surface area contributed by atoms with Gasteiger partial charge in [0.15, 0.2) is 0 Å². The van der Waals surface area contributed by atoms with E-state index in [4.69, 9.17) is 4.43 Å². The Hall–Kier alpha value is 0.107. The van der Waals surface area contributed by atoms with Crippen LogP contribution in [0.25, 0.3) is 0 Å². The summed E-state index contributed by atoms with van der Waals surface area (Å²) in [5, 5.41) is -1.08. The predicted octanol–water partition coefficient (Wildman–Crippen LogP) is 2.83. The summed E-state index contributed by atoms with van der Waals surface area (Å²) in [6.07, 6.45) is 2.27. The number of hydrogen-bond donors (Lipinski definition) is 0. The fourth-order valence-corrected chi connectivity index (χ4v) is 4.75. The highest BCUT2D eigenvalue weighted by Gasteiger charge is 2.47. The molecule has 1 aliphatic heterocycles. The fraction of sp³-hybridized carbons (Fsp3) is 1.00. The Bertz CT molecular complexity index is 168. The maximum atomic E-state index is 14.4. The molecule has 13 heavy (non-hydrogen) atoms. The van der Waals surface area contributed by atoms with E-state index in [-0.39, 0.29) is 5.41 Å². The maximum absolute atomic E-state index is 14.4. The molecule has 1 fully saturated rings. The fourth-order valence-electron chi connectivity index (χ4n) is 1.65. The molecule has 0 bridgehead atoms. The van der Waals surface area contributed by atoms with Crippen LogP contribution in [0.4, 0.5) is 4.39 Å². The molecule has 0 saturated carbocycles. The molecular weight excluding hydrogens is 183 g/mol. The summed E-state index contributed by atoms with van der Waals surface area (Å²) in [6.45, 7) is 8.43. The second kappa shape index (κ2) is 3.69.